The molecule has 2 saturated heterocycles. The number of nitrogens with zero attached hydrogens (tertiary/aromatic N) is 1. The molecule has 0 radical (unpaired) electrons. The number of aliphatic hydroxyl groups excluding tert-OH is 2. The molecule has 5 rings (SSSR count). The summed E-state index contributed by atoms with van der Waals surface area (Å²) in [7, 11) is 1.90. The van der Waals surface area contributed by atoms with Crippen molar-refractivity contribution in [2.45, 2.75) is 109 Å². The zero-order valence-corrected chi connectivity index (χ0v) is 35.6. The van der Waals surface area contributed by atoms with Crippen molar-refractivity contribution in [1.29, 1.82) is 0 Å². The summed E-state index contributed by atoms with van der Waals surface area (Å²) < 4.78 is 40.9. The molecule has 3 aromatic rings. The van der Waals surface area contributed by atoms with E-state index in [4.69, 9.17) is 45.4 Å². The maximum absolute atomic E-state index is 12.2. The Morgan fingerprint density at radius 3 is 2.02 bits per heavy atom. The fourth-order valence-corrected chi connectivity index (χ4v) is 7.55. The lowest BCUT2D eigenvalue weighted by Crippen LogP contribution is -2.62. The number of phenolic OH excluding ortho intramolecular Hbond substituents is 1. The summed E-state index contributed by atoms with van der Waals surface area (Å²) in [6, 6.07) is 21.7. The largest absolute Gasteiger partial charge is 0.508 e. The number of aliphatic hydroxyl groups is 2. The number of thiocarbonyl (C=S) groups is 1. The van der Waals surface area contributed by atoms with Crippen LogP contribution in [0.25, 0.3) is 0 Å². The average Bonchev–Trinajstić information content (AvgIpc) is 3.21. The Morgan fingerprint density at radius 2 is 1.41 bits per heavy atom. The van der Waals surface area contributed by atoms with Gasteiger partial charge in [-0.3, -0.25) is 19.2 Å². The molecular formula is C44H54N2O14S. The van der Waals surface area contributed by atoms with Gasteiger partial charge in [0.1, 0.15) is 24.6 Å². The number of esters is 4. The predicted molar refractivity (Wildman–Crippen MR) is 221 cm³/mol. The fourth-order valence-electron chi connectivity index (χ4n) is 7.32. The third-order valence-electron chi connectivity index (χ3n) is 10.1. The topological polar surface area (TPSA) is 209 Å². The molecule has 3 aromatic carbocycles. The van der Waals surface area contributed by atoms with Crippen LogP contribution in [0.5, 0.6) is 5.75 Å². The zero-order valence-electron chi connectivity index (χ0n) is 34.8. The van der Waals surface area contributed by atoms with Crippen LogP contribution in [0.15, 0.2) is 72.8 Å². The number of nitrogens with one attached hydrogen (secondary N) is 1. The summed E-state index contributed by atoms with van der Waals surface area (Å²) >= 11 is 5.69. The quantitative estimate of drug-likeness (QED) is 0.0858. The highest BCUT2D eigenvalue weighted by atomic mass is 32.1. The van der Waals surface area contributed by atoms with Crippen LogP contribution >= 0.6 is 12.2 Å². The molecular weight excluding hydrogens is 813 g/mol. The number of likely N-dealkylation sites (N-methyl/N-ethyl adjacent to an activating group) is 1. The van der Waals surface area contributed by atoms with E-state index in [1.165, 1.54) is 13.8 Å². The second kappa shape index (κ2) is 22.2. The molecule has 2 heterocycles. The van der Waals surface area contributed by atoms with Gasteiger partial charge in [0, 0.05) is 65.7 Å². The number of hydrogen-bond acceptors (Lipinski definition) is 16. The summed E-state index contributed by atoms with van der Waals surface area (Å²) in [4.78, 5) is 50.5. The van der Waals surface area contributed by atoms with Crippen molar-refractivity contribution in [3.05, 3.63) is 101 Å². The van der Waals surface area contributed by atoms with Gasteiger partial charge in [0.15, 0.2) is 24.6 Å². The Labute approximate surface area is 360 Å². The summed E-state index contributed by atoms with van der Waals surface area (Å²) in [6.45, 7) is 5.37. The summed E-state index contributed by atoms with van der Waals surface area (Å²) in [6.07, 6.45) is -7.46. The van der Waals surface area contributed by atoms with Crippen molar-refractivity contribution in [3.63, 3.8) is 0 Å². The lowest BCUT2D eigenvalue weighted by molar-refractivity contribution is -0.252. The highest BCUT2D eigenvalue weighted by molar-refractivity contribution is 7.80. The van der Waals surface area contributed by atoms with E-state index in [1.807, 2.05) is 60.5 Å². The molecule has 0 amide bonds. The van der Waals surface area contributed by atoms with Crippen LogP contribution in [-0.2, 0) is 65.5 Å². The van der Waals surface area contributed by atoms with Gasteiger partial charge in [-0.25, -0.2) is 0 Å². The van der Waals surface area contributed by atoms with E-state index >= 15 is 0 Å². The number of phenols is 1. The minimum absolute atomic E-state index is 0.00238. The highest BCUT2D eigenvalue weighted by Gasteiger charge is 2.52. The van der Waals surface area contributed by atoms with E-state index in [-0.39, 0.29) is 37.6 Å². The van der Waals surface area contributed by atoms with Gasteiger partial charge in [0.25, 0.3) is 0 Å². The Kier molecular flexibility index (Phi) is 17.1. The SMILES string of the molecule is CC(=O)OCC1OC(CC(=S)NCc2ccc(C3OC(CN(C)CC(O)c4cccc(O)c4)CC(c4ccc(CO)cc4)O3)cc2)C(OC(C)=O)C(OC(C)=O)C1OC(C)=O. The maximum atomic E-state index is 12.2. The van der Waals surface area contributed by atoms with Crippen LogP contribution < -0.4 is 5.32 Å². The fraction of sp³-hybridized carbons (Fsp3) is 0.477. The van der Waals surface area contributed by atoms with E-state index in [2.05, 4.69) is 5.32 Å². The molecule has 16 nitrogen and oxygen atoms in total. The average molecular weight is 867 g/mol. The molecule has 0 bridgehead atoms. The number of aromatic hydroxyl groups is 1. The molecule has 9 atom stereocenters. The third-order valence-corrected chi connectivity index (χ3v) is 10.4. The number of hydrogen-bond donors (Lipinski definition) is 4. The van der Waals surface area contributed by atoms with Crippen LogP contribution in [0.3, 0.4) is 0 Å². The van der Waals surface area contributed by atoms with Crippen molar-refractivity contribution in [2.24, 2.45) is 0 Å². The summed E-state index contributed by atoms with van der Waals surface area (Å²) in [5, 5.41) is 33.6. The van der Waals surface area contributed by atoms with Crippen LogP contribution in [0.1, 0.15) is 86.9 Å². The van der Waals surface area contributed by atoms with Crippen molar-refractivity contribution in [1.82, 2.24) is 10.2 Å². The minimum atomic E-state index is -1.29. The molecule has 9 unspecified atom stereocenters. The van der Waals surface area contributed by atoms with E-state index in [0.717, 1.165) is 36.1 Å². The third kappa shape index (κ3) is 14.0. The van der Waals surface area contributed by atoms with Crippen LogP contribution in [0.2, 0.25) is 0 Å². The van der Waals surface area contributed by atoms with Gasteiger partial charge in [-0.15, -0.1) is 0 Å². The molecule has 2 fully saturated rings. The lowest BCUT2D eigenvalue weighted by atomic mass is 9.92. The first kappa shape index (κ1) is 47.0. The van der Waals surface area contributed by atoms with Crippen molar-refractivity contribution in [3.8, 4) is 5.75 Å². The van der Waals surface area contributed by atoms with Crippen molar-refractivity contribution in [2.75, 3.05) is 26.7 Å². The summed E-state index contributed by atoms with van der Waals surface area (Å²) in [5.74, 6) is -2.68. The van der Waals surface area contributed by atoms with Gasteiger partial charge in [-0.1, -0.05) is 72.9 Å². The maximum Gasteiger partial charge on any atom is 0.303 e. The normalized spacial score (nSPS) is 24.3. The van der Waals surface area contributed by atoms with Gasteiger partial charge in [-0.2, -0.15) is 0 Å². The van der Waals surface area contributed by atoms with Gasteiger partial charge >= 0.3 is 23.9 Å². The molecule has 0 aromatic heterocycles. The Hall–Kier alpha value is -5.01. The number of carbonyl (C=O) groups is 4. The second-order valence-electron chi connectivity index (χ2n) is 15.1. The van der Waals surface area contributed by atoms with Crippen LogP contribution in [0, 0.1) is 0 Å². The van der Waals surface area contributed by atoms with Crippen LogP contribution in [0.4, 0.5) is 0 Å². The Morgan fingerprint density at radius 1 is 0.803 bits per heavy atom. The Balaban J connectivity index is 1.26. The van der Waals surface area contributed by atoms with Gasteiger partial charge < -0.3 is 58.7 Å². The smallest absolute Gasteiger partial charge is 0.303 e. The molecule has 61 heavy (non-hydrogen) atoms. The minimum Gasteiger partial charge on any atom is -0.508 e. The molecule has 2 aliphatic rings. The van der Waals surface area contributed by atoms with E-state index < -0.39 is 66.8 Å². The first-order chi connectivity index (χ1) is 29.1. The van der Waals surface area contributed by atoms with E-state index in [1.54, 1.807) is 24.3 Å². The number of carbonyl (C=O) groups excluding carboxylic acids is 4. The summed E-state index contributed by atoms with van der Waals surface area (Å²) in [5.41, 5.74) is 3.95. The predicted octanol–water partition coefficient (Wildman–Crippen LogP) is 4.03. The molecule has 17 heteroatoms. The van der Waals surface area contributed by atoms with Crippen LogP contribution in [-0.4, -0.2) is 112 Å². The van der Waals surface area contributed by atoms with Gasteiger partial charge in [0.2, 0.25) is 0 Å². The Bertz CT molecular complexity index is 1960. The standard InChI is InChI=1S/C44H54N2O14S/c1-25(48)54-24-39-42(56-27(3)50)43(57-28(4)51)41(55-26(2)49)38(59-39)19-40(61)45-20-29-9-15-32(16-10-29)44-58-35(18-37(60-44)31-13-11-30(23-47)12-14-31)21-46(5)22-36(53)33-7-6-8-34(52)17-33/h6-17,35-39,41-44,47,52-53H,18-24H2,1-5H3,(H,45,61). The molecule has 0 aliphatic carbocycles. The van der Waals surface area contributed by atoms with Crippen molar-refractivity contribution >= 4 is 41.1 Å². The highest BCUT2D eigenvalue weighted by Crippen LogP contribution is 2.38. The molecule has 0 spiro atoms. The number of rotatable bonds is 17. The molecule has 2 aliphatic heterocycles. The first-order valence-electron chi connectivity index (χ1n) is 19.9. The zero-order chi connectivity index (χ0) is 44.2. The second-order valence-corrected chi connectivity index (χ2v) is 15.6. The van der Waals surface area contributed by atoms with Gasteiger partial charge in [-0.05, 0) is 41.4 Å². The number of ether oxygens (including phenoxy) is 7. The van der Waals surface area contributed by atoms with Gasteiger partial charge in [0.05, 0.1) is 29.9 Å². The monoisotopic (exact) mass is 866 g/mol. The first-order valence-corrected chi connectivity index (χ1v) is 20.3. The van der Waals surface area contributed by atoms with Crippen molar-refractivity contribution < 1.29 is 67.7 Å². The number of benzene rings is 3. The molecule has 4 N–H and O–H groups in total. The van der Waals surface area contributed by atoms with E-state index in [9.17, 15) is 34.5 Å². The molecule has 0 saturated carbocycles. The molecule has 330 valence electrons. The lowest BCUT2D eigenvalue weighted by Gasteiger charge is -2.44. The van der Waals surface area contributed by atoms with E-state index in [0.29, 0.717) is 36.6 Å².